The van der Waals surface area contributed by atoms with Gasteiger partial charge in [0.05, 0.1) is 13.4 Å². The van der Waals surface area contributed by atoms with Crippen molar-refractivity contribution >= 4 is 23.7 Å². The van der Waals surface area contributed by atoms with Gasteiger partial charge in [0.25, 0.3) is 0 Å². The van der Waals surface area contributed by atoms with E-state index in [1.54, 1.807) is 18.3 Å². The number of hydrogen-bond donors (Lipinski definition) is 1. The molecule has 1 N–H and O–H groups in total. The quantitative estimate of drug-likeness (QED) is 0.618. The molecule has 1 saturated heterocycles. The number of ether oxygens (including phenoxy) is 1. The highest BCUT2D eigenvalue weighted by Crippen LogP contribution is 2.31. The van der Waals surface area contributed by atoms with Crippen molar-refractivity contribution in [3.8, 4) is 0 Å². The third-order valence-corrected chi connectivity index (χ3v) is 4.94. The maximum Gasteiger partial charge on any atom is 0.320 e. The maximum absolute atomic E-state index is 12.7. The van der Waals surface area contributed by atoms with Gasteiger partial charge in [0.15, 0.2) is 5.92 Å². The van der Waals surface area contributed by atoms with Crippen molar-refractivity contribution in [3.63, 3.8) is 0 Å². The van der Waals surface area contributed by atoms with Gasteiger partial charge in [0.1, 0.15) is 17.6 Å². The van der Waals surface area contributed by atoms with Gasteiger partial charge in [-0.2, -0.15) is 0 Å². The number of pyridine rings is 1. The molecule has 2 atom stereocenters. The molecular formula is C19H21N5O4. The second-order valence-electron chi connectivity index (χ2n) is 6.57. The van der Waals surface area contributed by atoms with E-state index in [0.29, 0.717) is 24.8 Å². The molecule has 1 fully saturated rings. The molecule has 0 spiro atoms. The van der Waals surface area contributed by atoms with Gasteiger partial charge in [-0.1, -0.05) is 6.07 Å². The lowest BCUT2D eigenvalue weighted by Gasteiger charge is -2.39. The van der Waals surface area contributed by atoms with Gasteiger partial charge in [-0.05, 0) is 24.3 Å². The number of carbonyl (C=O) groups excluding carboxylic acids is 2. The fraction of sp³-hybridized carbons (Fsp3) is 0.368. The molecule has 2 unspecified atom stereocenters. The number of aromatic nitrogens is 1. The van der Waals surface area contributed by atoms with Crippen molar-refractivity contribution in [1.82, 2.24) is 15.2 Å². The molecule has 2 aromatic rings. The highest BCUT2D eigenvalue weighted by atomic mass is 16.5. The molecular weight excluding hydrogens is 362 g/mol. The predicted molar refractivity (Wildman–Crippen MR) is 101 cm³/mol. The third kappa shape index (κ3) is 3.42. The van der Waals surface area contributed by atoms with E-state index in [0.717, 1.165) is 18.9 Å². The smallest absolute Gasteiger partial charge is 0.320 e. The lowest BCUT2D eigenvalue weighted by Crippen LogP contribution is -2.57. The van der Waals surface area contributed by atoms with Gasteiger partial charge in [-0.25, -0.2) is 9.98 Å². The van der Waals surface area contributed by atoms with Crippen LogP contribution >= 0.6 is 0 Å². The van der Waals surface area contributed by atoms with Crippen molar-refractivity contribution in [2.24, 2.45) is 10.9 Å². The molecule has 0 aliphatic carbocycles. The van der Waals surface area contributed by atoms with E-state index in [1.807, 2.05) is 23.1 Å². The predicted octanol–water partition coefficient (Wildman–Crippen LogP) is 0.813. The number of guanidine groups is 1. The fourth-order valence-corrected chi connectivity index (χ4v) is 3.47. The van der Waals surface area contributed by atoms with Crippen LogP contribution < -0.4 is 10.2 Å². The van der Waals surface area contributed by atoms with Crippen LogP contribution in [0.4, 0.5) is 5.82 Å². The molecule has 4 heterocycles. The Bertz CT molecular complexity index is 860. The Hall–Kier alpha value is -3.36. The molecule has 9 nitrogen and oxygen atoms in total. The highest BCUT2D eigenvalue weighted by molar-refractivity contribution is 6.08. The zero-order valence-corrected chi connectivity index (χ0v) is 15.4. The van der Waals surface area contributed by atoms with E-state index in [2.05, 4.69) is 20.2 Å². The Labute approximate surface area is 162 Å². The summed E-state index contributed by atoms with van der Waals surface area (Å²) in [4.78, 5) is 38.0. The first-order valence-corrected chi connectivity index (χ1v) is 9.08. The zero-order chi connectivity index (χ0) is 19.5. The van der Waals surface area contributed by atoms with Crippen molar-refractivity contribution in [2.45, 2.75) is 6.04 Å². The van der Waals surface area contributed by atoms with Gasteiger partial charge in [-0.15, -0.1) is 0 Å². The standard InChI is InChI=1S/C19H21N5O4/c1-27-18(26)15-16(13-5-4-12-28-13)21-19(22-17(15)25)24-10-8-23(9-11-24)14-6-2-3-7-20-14/h2-7,12,15-16H,8-11H2,1H3,(H,21,22,25). The summed E-state index contributed by atoms with van der Waals surface area (Å²) in [7, 11) is 1.25. The second-order valence-corrected chi connectivity index (χ2v) is 6.57. The Kier molecular flexibility index (Phi) is 4.96. The number of methoxy groups -OCH3 is 1. The molecule has 0 radical (unpaired) electrons. The summed E-state index contributed by atoms with van der Waals surface area (Å²) in [6, 6.07) is 8.49. The summed E-state index contributed by atoms with van der Waals surface area (Å²) in [6.45, 7) is 2.84. The Balaban J connectivity index is 1.53. The molecule has 0 aromatic carbocycles. The first-order chi connectivity index (χ1) is 13.7. The normalized spacial score (nSPS) is 22.5. The summed E-state index contributed by atoms with van der Waals surface area (Å²) in [5.74, 6) is -0.320. The molecule has 2 aromatic heterocycles. The molecule has 0 saturated carbocycles. The topological polar surface area (TPSA) is 100 Å². The number of rotatable bonds is 3. The van der Waals surface area contributed by atoms with Crippen LogP contribution in [-0.2, 0) is 14.3 Å². The summed E-state index contributed by atoms with van der Waals surface area (Å²) < 4.78 is 10.2. The minimum Gasteiger partial charge on any atom is -0.468 e. The molecule has 9 heteroatoms. The highest BCUT2D eigenvalue weighted by Gasteiger charge is 2.43. The monoisotopic (exact) mass is 383 g/mol. The molecule has 2 aliphatic heterocycles. The minimum absolute atomic E-state index is 0.439. The van der Waals surface area contributed by atoms with Crippen molar-refractivity contribution in [2.75, 3.05) is 38.2 Å². The minimum atomic E-state index is -1.07. The Morgan fingerprint density at radius 2 is 1.96 bits per heavy atom. The van der Waals surface area contributed by atoms with Crippen LogP contribution in [0.25, 0.3) is 0 Å². The maximum atomic E-state index is 12.7. The van der Waals surface area contributed by atoms with E-state index in [9.17, 15) is 9.59 Å². The van der Waals surface area contributed by atoms with Gasteiger partial charge in [-0.3, -0.25) is 14.9 Å². The summed E-state index contributed by atoms with van der Waals surface area (Å²) in [6.07, 6.45) is 3.27. The van der Waals surface area contributed by atoms with Gasteiger partial charge < -0.3 is 19.0 Å². The van der Waals surface area contributed by atoms with Crippen LogP contribution in [0, 0.1) is 5.92 Å². The number of anilines is 1. The number of aliphatic imine (C=N–C) groups is 1. The largest absolute Gasteiger partial charge is 0.468 e. The van der Waals surface area contributed by atoms with Gasteiger partial charge in [0.2, 0.25) is 11.9 Å². The molecule has 146 valence electrons. The summed E-state index contributed by atoms with van der Waals surface area (Å²) in [5.41, 5.74) is 0. The first-order valence-electron chi connectivity index (χ1n) is 9.08. The number of carbonyl (C=O) groups is 2. The number of nitrogens with zero attached hydrogens (tertiary/aromatic N) is 4. The number of piperazine rings is 1. The van der Waals surface area contributed by atoms with Crippen molar-refractivity contribution < 1.29 is 18.7 Å². The molecule has 28 heavy (non-hydrogen) atoms. The van der Waals surface area contributed by atoms with Crippen LogP contribution in [0.1, 0.15) is 11.8 Å². The van der Waals surface area contributed by atoms with Crippen LogP contribution in [-0.4, -0.2) is 61.0 Å². The van der Waals surface area contributed by atoms with Crippen molar-refractivity contribution in [3.05, 3.63) is 48.6 Å². The van der Waals surface area contributed by atoms with Crippen molar-refractivity contribution in [1.29, 1.82) is 0 Å². The van der Waals surface area contributed by atoms with E-state index in [4.69, 9.17) is 9.15 Å². The van der Waals surface area contributed by atoms with Crippen LogP contribution in [0.3, 0.4) is 0 Å². The lowest BCUT2D eigenvalue weighted by molar-refractivity contribution is -0.151. The Morgan fingerprint density at radius 3 is 2.61 bits per heavy atom. The van der Waals surface area contributed by atoms with E-state index in [1.165, 1.54) is 13.4 Å². The average molecular weight is 383 g/mol. The first kappa shape index (κ1) is 18.0. The SMILES string of the molecule is COC(=O)C1C(=O)NC(N2CCN(c3ccccn3)CC2)=NC1c1ccco1. The zero-order valence-electron chi connectivity index (χ0n) is 15.4. The molecule has 0 bridgehead atoms. The van der Waals surface area contributed by atoms with E-state index < -0.39 is 23.8 Å². The van der Waals surface area contributed by atoms with E-state index in [-0.39, 0.29) is 0 Å². The number of amides is 1. The molecule has 4 rings (SSSR count). The Morgan fingerprint density at radius 1 is 1.18 bits per heavy atom. The number of esters is 1. The second kappa shape index (κ2) is 7.71. The van der Waals surface area contributed by atoms with Crippen LogP contribution in [0.15, 0.2) is 52.2 Å². The van der Waals surface area contributed by atoms with Gasteiger partial charge >= 0.3 is 5.97 Å². The molecule has 2 aliphatic rings. The van der Waals surface area contributed by atoms with Gasteiger partial charge in [0, 0.05) is 32.4 Å². The summed E-state index contributed by atoms with van der Waals surface area (Å²) in [5, 5.41) is 2.76. The van der Waals surface area contributed by atoms with Crippen LogP contribution in [0.2, 0.25) is 0 Å². The van der Waals surface area contributed by atoms with Crippen LogP contribution in [0.5, 0.6) is 0 Å². The summed E-state index contributed by atoms with van der Waals surface area (Å²) >= 11 is 0. The number of furan rings is 1. The number of nitrogens with one attached hydrogen (secondary N) is 1. The third-order valence-electron chi connectivity index (χ3n) is 4.94. The van der Waals surface area contributed by atoms with E-state index >= 15 is 0 Å². The fourth-order valence-electron chi connectivity index (χ4n) is 3.47. The lowest BCUT2D eigenvalue weighted by atomic mass is 9.95. The molecule has 1 amide bonds. The number of hydrogen-bond acceptors (Lipinski definition) is 8. The average Bonchev–Trinajstić information content (AvgIpc) is 3.28.